The van der Waals surface area contributed by atoms with Crippen LogP contribution in [0.3, 0.4) is 0 Å². The number of carbonyl (C=O) groups is 1. The first kappa shape index (κ1) is 16.0. The Bertz CT molecular complexity index is 533. The van der Waals surface area contributed by atoms with Crippen molar-refractivity contribution < 1.29 is 13.9 Å². The molecule has 0 radical (unpaired) electrons. The molecule has 1 aromatic rings. The molecule has 1 aliphatic rings. The maximum absolute atomic E-state index is 14.0. The van der Waals surface area contributed by atoms with Crippen LogP contribution in [0.2, 0.25) is 5.02 Å². The smallest absolute Gasteiger partial charge is 0.410 e. The molecule has 1 fully saturated rings. The minimum absolute atomic E-state index is 0.292. The number of rotatable bonds is 1. The van der Waals surface area contributed by atoms with Crippen molar-refractivity contribution in [1.82, 2.24) is 15.2 Å². The highest BCUT2D eigenvalue weighted by Gasteiger charge is 2.33. The lowest BCUT2D eigenvalue weighted by molar-refractivity contribution is 0.0114. The maximum atomic E-state index is 14.0. The van der Waals surface area contributed by atoms with Crippen LogP contribution in [0.5, 0.6) is 0 Å². The molecule has 0 aromatic carbocycles. The molecule has 2 heterocycles. The van der Waals surface area contributed by atoms with Crippen LogP contribution in [0, 0.1) is 5.95 Å². The lowest BCUT2D eigenvalue weighted by Crippen LogP contribution is -2.50. The summed E-state index contributed by atoms with van der Waals surface area (Å²) >= 11 is 5.89. The lowest BCUT2D eigenvalue weighted by Gasteiger charge is -2.37. The summed E-state index contributed by atoms with van der Waals surface area (Å²) in [6.45, 7) is 6.88. The van der Waals surface area contributed by atoms with E-state index in [-0.39, 0.29) is 0 Å². The van der Waals surface area contributed by atoms with Gasteiger partial charge in [-0.3, -0.25) is 4.90 Å². The summed E-state index contributed by atoms with van der Waals surface area (Å²) in [5, 5.41) is 3.48. The largest absolute Gasteiger partial charge is 0.444 e. The summed E-state index contributed by atoms with van der Waals surface area (Å²) in [6.07, 6.45) is 0.780. The predicted molar refractivity (Wildman–Crippen MR) is 77.8 cm³/mol. The van der Waals surface area contributed by atoms with Gasteiger partial charge in [-0.2, -0.15) is 4.39 Å². The Morgan fingerprint density at radius 3 is 2.95 bits per heavy atom. The van der Waals surface area contributed by atoms with Gasteiger partial charge in [-0.15, -0.1) is 0 Å². The van der Waals surface area contributed by atoms with Crippen LogP contribution in [0.4, 0.5) is 9.18 Å². The molecule has 0 spiro atoms. The van der Waals surface area contributed by atoms with Crippen LogP contribution in [-0.2, 0) is 4.74 Å². The summed E-state index contributed by atoms with van der Waals surface area (Å²) in [7, 11) is 0. The predicted octanol–water partition coefficient (Wildman–Crippen LogP) is 2.76. The first-order valence-corrected chi connectivity index (χ1v) is 7.17. The first-order chi connectivity index (χ1) is 9.78. The number of amides is 1. The Morgan fingerprint density at radius 1 is 1.57 bits per heavy atom. The average molecular weight is 316 g/mol. The van der Waals surface area contributed by atoms with Gasteiger partial charge in [-0.25, -0.2) is 9.78 Å². The number of hydrogen-bond acceptors (Lipinski definition) is 4. The van der Waals surface area contributed by atoms with Gasteiger partial charge in [-0.05, 0) is 26.8 Å². The Hall–Kier alpha value is -1.40. The van der Waals surface area contributed by atoms with Crippen molar-refractivity contribution in [3.05, 3.63) is 28.8 Å². The Balaban J connectivity index is 2.27. The second-order valence-electron chi connectivity index (χ2n) is 5.93. The zero-order valence-corrected chi connectivity index (χ0v) is 13.1. The molecule has 0 aliphatic carbocycles. The molecule has 1 saturated heterocycles. The van der Waals surface area contributed by atoms with Crippen molar-refractivity contribution in [2.45, 2.75) is 32.4 Å². The summed E-state index contributed by atoms with van der Waals surface area (Å²) in [5.74, 6) is -0.623. The van der Waals surface area contributed by atoms with Gasteiger partial charge < -0.3 is 10.1 Å². The van der Waals surface area contributed by atoms with Gasteiger partial charge in [-0.1, -0.05) is 11.6 Å². The molecule has 7 heteroatoms. The SMILES string of the molecule is CC(C)(C)OC(=O)N1CCNCC1c1cc(Cl)cnc1F. The van der Waals surface area contributed by atoms with Crippen molar-refractivity contribution in [3.8, 4) is 0 Å². The Kier molecular flexibility index (Phi) is 4.68. The summed E-state index contributed by atoms with van der Waals surface area (Å²) in [5.41, 5.74) is -0.307. The van der Waals surface area contributed by atoms with Crippen molar-refractivity contribution in [2.75, 3.05) is 19.6 Å². The molecule has 116 valence electrons. The second-order valence-corrected chi connectivity index (χ2v) is 6.36. The molecule has 1 aromatic heterocycles. The maximum Gasteiger partial charge on any atom is 0.410 e. The first-order valence-electron chi connectivity index (χ1n) is 6.79. The zero-order valence-electron chi connectivity index (χ0n) is 12.3. The van der Waals surface area contributed by atoms with Gasteiger partial charge in [0.2, 0.25) is 5.95 Å². The van der Waals surface area contributed by atoms with Crippen LogP contribution in [-0.4, -0.2) is 41.2 Å². The van der Waals surface area contributed by atoms with Crippen LogP contribution in [0.1, 0.15) is 32.4 Å². The number of piperazine rings is 1. The quantitative estimate of drug-likeness (QED) is 0.810. The number of aromatic nitrogens is 1. The highest BCUT2D eigenvalue weighted by atomic mass is 35.5. The number of halogens is 2. The van der Waals surface area contributed by atoms with E-state index in [1.54, 1.807) is 20.8 Å². The van der Waals surface area contributed by atoms with Crippen molar-refractivity contribution in [1.29, 1.82) is 0 Å². The standard InChI is InChI=1S/C14H19ClFN3O2/c1-14(2,3)21-13(20)19-5-4-17-8-11(19)10-6-9(15)7-18-12(10)16/h6-7,11,17H,4-5,8H2,1-3H3. The Labute approximate surface area is 128 Å². The van der Waals surface area contributed by atoms with Gasteiger partial charge in [0.1, 0.15) is 5.60 Å². The van der Waals surface area contributed by atoms with Crippen LogP contribution in [0.15, 0.2) is 12.3 Å². The molecular formula is C14H19ClFN3O2. The van der Waals surface area contributed by atoms with Crippen LogP contribution in [0.25, 0.3) is 0 Å². The van der Waals surface area contributed by atoms with E-state index in [1.165, 1.54) is 17.2 Å². The second kappa shape index (κ2) is 6.15. The molecule has 1 unspecified atom stereocenters. The summed E-state index contributed by atoms with van der Waals surface area (Å²) < 4.78 is 19.3. The van der Waals surface area contributed by atoms with E-state index in [0.29, 0.717) is 30.2 Å². The summed E-state index contributed by atoms with van der Waals surface area (Å²) in [4.78, 5) is 17.4. The van der Waals surface area contributed by atoms with Gasteiger partial charge in [0.05, 0.1) is 11.1 Å². The molecule has 1 atom stereocenters. The fraction of sp³-hybridized carbons (Fsp3) is 0.571. The van der Waals surface area contributed by atoms with Gasteiger partial charge in [0.25, 0.3) is 0 Å². The number of nitrogens with zero attached hydrogens (tertiary/aromatic N) is 2. The third kappa shape index (κ3) is 4.04. The van der Waals surface area contributed by atoms with Crippen molar-refractivity contribution in [2.24, 2.45) is 0 Å². The van der Waals surface area contributed by atoms with Crippen LogP contribution >= 0.6 is 11.6 Å². The van der Waals surface area contributed by atoms with Gasteiger partial charge in [0.15, 0.2) is 0 Å². The lowest BCUT2D eigenvalue weighted by atomic mass is 10.1. The molecule has 0 saturated carbocycles. The van der Waals surface area contributed by atoms with E-state index in [0.717, 1.165) is 0 Å². The Morgan fingerprint density at radius 2 is 2.29 bits per heavy atom. The number of hydrogen-bond donors (Lipinski definition) is 1. The highest BCUT2D eigenvalue weighted by molar-refractivity contribution is 6.30. The van der Waals surface area contributed by atoms with Crippen molar-refractivity contribution in [3.63, 3.8) is 0 Å². The minimum atomic E-state index is -0.623. The number of ether oxygens (including phenoxy) is 1. The third-order valence-corrected chi connectivity index (χ3v) is 3.27. The van der Waals surface area contributed by atoms with E-state index in [1.807, 2.05) is 0 Å². The molecule has 2 rings (SSSR count). The van der Waals surface area contributed by atoms with Gasteiger partial charge in [0, 0.05) is 31.4 Å². The average Bonchev–Trinajstić information content (AvgIpc) is 2.39. The highest BCUT2D eigenvalue weighted by Crippen LogP contribution is 2.27. The van der Waals surface area contributed by atoms with E-state index in [2.05, 4.69) is 10.3 Å². The van der Waals surface area contributed by atoms with Gasteiger partial charge >= 0.3 is 6.09 Å². The van der Waals surface area contributed by atoms with E-state index in [9.17, 15) is 9.18 Å². The summed E-state index contributed by atoms with van der Waals surface area (Å²) in [6, 6.07) is 1.01. The molecule has 0 bridgehead atoms. The van der Waals surface area contributed by atoms with Crippen molar-refractivity contribution >= 4 is 17.7 Å². The van der Waals surface area contributed by atoms with E-state index in [4.69, 9.17) is 16.3 Å². The zero-order chi connectivity index (χ0) is 15.6. The fourth-order valence-electron chi connectivity index (χ4n) is 2.19. The monoisotopic (exact) mass is 315 g/mol. The fourth-order valence-corrected chi connectivity index (χ4v) is 2.36. The molecule has 21 heavy (non-hydrogen) atoms. The topological polar surface area (TPSA) is 54.5 Å². The third-order valence-electron chi connectivity index (χ3n) is 3.06. The normalized spacial score (nSPS) is 19.5. The molecule has 1 amide bonds. The van der Waals surface area contributed by atoms with E-state index < -0.39 is 23.7 Å². The van der Waals surface area contributed by atoms with E-state index >= 15 is 0 Å². The molecule has 1 aliphatic heterocycles. The number of carbonyl (C=O) groups excluding carboxylic acids is 1. The minimum Gasteiger partial charge on any atom is -0.444 e. The molecule has 5 nitrogen and oxygen atoms in total. The molecule has 1 N–H and O–H groups in total. The number of pyridine rings is 1. The number of nitrogens with one attached hydrogen (secondary N) is 1. The van der Waals surface area contributed by atoms with Crippen LogP contribution < -0.4 is 5.32 Å². The molecular weight excluding hydrogens is 297 g/mol.